The van der Waals surface area contributed by atoms with Gasteiger partial charge in [0, 0.05) is 6.54 Å². The van der Waals surface area contributed by atoms with Crippen LogP contribution in [0, 0.1) is 18.6 Å². The third kappa shape index (κ3) is 3.68. The molecule has 19 heavy (non-hydrogen) atoms. The standard InChI is InChI=1S/C15H15F2NO/c1-11-6-7-13(17)15(10-11)19-9-8-18-14-5-3-2-4-12(14)16/h2-7,10,18H,8-9H2,1H3. The number of para-hydroxylation sites is 1. The van der Waals surface area contributed by atoms with Crippen LogP contribution >= 0.6 is 0 Å². The molecule has 0 fully saturated rings. The highest BCUT2D eigenvalue weighted by atomic mass is 19.1. The summed E-state index contributed by atoms with van der Waals surface area (Å²) >= 11 is 0. The Morgan fingerprint density at radius 2 is 1.84 bits per heavy atom. The van der Waals surface area contributed by atoms with Gasteiger partial charge in [0.2, 0.25) is 0 Å². The number of nitrogens with one attached hydrogen (secondary N) is 1. The van der Waals surface area contributed by atoms with Crippen molar-refractivity contribution in [3.63, 3.8) is 0 Å². The average Bonchev–Trinajstić information content (AvgIpc) is 2.40. The van der Waals surface area contributed by atoms with E-state index in [0.29, 0.717) is 12.2 Å². The molecule has 0 saturated heterocycles. The Hall–Kier alpha value is -2.10. The quantitative estimate of drug-likeness (QED) is 0.829. The predicted octanol–water partition coefficient (Wildman–Crippen LogP) is 3.76. The first-order valence-electron chi connectivity index (χ1n) is 6.04. The monoisotopic (exact) mass is 263 g/mol. The van der Waals surface area contributed by atoms with Crippen LogP contribution in [0.4, 0.5) is 14.5 Å². The molecule has 0 heterocycles. The molecule has 2 aromatic rings. The molecule has 0 aliphatic carbocycles. The van der Waals surface area contributed by atoms with Gasteiger partial charge in [-0.15, -0.1) is 0 Å². The maximum Gasteiger partial charge on any atom is 0.165 e. The van der Waals surface area contributed by atoms with Gasteiger partial charge >= 0.3 is 0 Å². The number of hydrogen-bond acceptors (Lipinski definition) is 2. The minimum atomic E-state index is -0.392. The lowest BCUT2D eigenvalue weighted by atomic mass is 10.2. The molecule has 1 N–H and O–H groups in total. The molecule has 2 rings (SSSR count). The van der Waals surface area contributed by atoms with Gasteiger partial charge in [0.15, 0.2) is 11.6 Å². The molecular weight excluding hydrogens is 248 g/mol. The summed E-state index contributed by atoms with van der Waals surface area (Å²) in [6, 6.07) is 11.1. The molecule has 0 spiro atoms. The van der Waals surface area contributed by atoms with E-state index in [-0.39, 0.29) is 18.2 Å². The largest absolute Gasteiger partial charge is 0.489 e. The lowest BCUT2D eigenvalue weighted by Gasteiger charge is -2.10. The number of hydrogen-bond donors (Lipinski definition) is 1. The Labute approximate surface area is 111 Å². The first-order chi connectivity index (χ1) is 9.16. The molecule has 2 nitrogen and oxygen atoms in total. The van der Waals surface area contributed by atoms with Gasteiger partial charge < -0.3 is 10.1 Å². The first-order valence-corrected chi connectivity index (χ1v) is 6.04. The molecule has 0 saturated carbocycles. The van der Waals surface area contributed by atoms with Crippen molar-refractivity contribution in [3.05, 3.63) is 59.7 Å². The Bertz CT molecular complexity index is 558. The van der Waals surface area contributed by atoms with Crippen LogP contribution in [0.15, 0.2) is 42.5 Å². The zero-order valence-corrected chi connectivity index (χ0v) is 10.6. The van der Waals surface area contributed by atoms with Crippen molar-refractivity contribution in [1.82, 2.24) is 0 Å². The van der Waals surface area contributed by atoms with Crippen molar-refractivity contribution < 1.29 is 13.5 Å². The molecular formula is C15H15F2NO. The van der Waals surface area contributed by atoms with E-state index < -0.39 is 5.82 Å². The van der Waals surface area contributed by atoms with E-state index in [4.69, 9.17) is 4.74 Å². The first kappa shape index (κ1) is 13.3. The molecule has 0 aromatic heterocycles. The number of ether oxygens (including phenoxy) is 1. The van der Waals surface area contributed by atoms with Crippen LogP contribution in [0.2, 0.25) is 0 Å². The van der Waals surface area contributed by atoms with E-state index in [2.05, 4.69) is 5.32 Å². The smallest absolute Gasteiger partial charge is 0.165 e. The molecule has 0 radical (unpaired) electrons. The molecule has 0 aliphatic rings. The Balaban J connectivity index is 1.84. The number of rotatable bonds is 5. The number of benzene rings is 2. The predicted molar refractivity (Wildman–Crippen MR) is 71.5 cm³/mol. The van der Waals surface area contributed by atoms with Crippen molar-refractivity contribution in [2.45, 2.75) is 6.92 Å². The maximum absolute atomic E-state index is 13.4. The molecule has 0 bridgehead atoms. The third-order valence-corrected chi connectivity index (χ3v) is 2.64. The van der Waals surface area contributed by atoms with E-state index in [1.807, 2.05) is 6.92 Å². The summed E-state index contributed by atoms with van der Waals surface area (Å²) in [5, 5.41) is 2.89. The highest BCUT2D eigenvalue weighted by molar-refractivity contribution is 5.44. The summed E-state index contributed by atoms with van der Waals surface area (Å²) in [6.45, 7) is 2.52. The summed E-state index contributed by atoms with van der Waals surface area (Å²) < 4.78 is 32.0. The second-order valence-corrected chi connectivity index (χ2v) is 4.19. The van der Waals surface area contributed by atoms with Gasteiger partial charge in [-0.1, -0.05) is 18.2 Å². The molecule has 100 valence electrons. The molecule has 0 amide bonds. The van der Waals surface area contributed by atoms with Crippen molar-refractivity contribution in [2.24, 2.45) is 0 Å². The lowest BCUT2D eigenvalue weighted by Crippen LogP contribution is -2.12. The van der Waals surface area contributed by atoms with Crippen molar-refractivity contribution in [2.75, 3.05) is 18.5 Å². The zero-order valence-electron chi connectivity index (χ0n) is 10.6. The van der Waals surface area contributed by atoms with E-state index >= 15 is 0 Å². The van der Waals surface area contributed by atoms with Crippen LogP contribution < -0.4 is 10.1 Å². The molecule has 0 atom stereocenters. The fraction of sp³-hybridized carbons (Fsp3) is 0.200. The normalized spacial score (nSPS) is 10.3. The molecule has 4 heteroatoms. The molecule has 0 aliphatic heterocycles. The zero-order chi connectivity index (χ0) is 13.7. The number of aryl methyl sites for hydroxylation is 1. The van der Waals surface area contributed by atoms with Crippen molar-refractivity contribution in [3.8, 4) is 5.75 Å². The summed E-state index contributed by atoms with van der Waals surface area (Å²) in [6.07, 6.45) is 0. The summed E-state index contributed by atoms with van der Waals surface area (Å²) in [5.74, 6) is -0.490. The summed E-state index contributed by atoms with van der Waals surface area (Å²) in [7, 11) is 0. The van der Waals surface area contributed by atoms with Crippen LogP contribution in [0.3, 0.4) is 0 Å². The van der Waals surface area contributed by atoms with E-state index in [0.717, 1.165) is 5.56 Å². The second kappa shape index (κ2) is 6.18. The maximum atomic E-state index is 13.4. The van der Waals surface area contributed by atoms with Gasteiger partial charge in [-0.3, -0.25) is 0 Å². The number of anilines is 1. The molecule has 0 unspecified atom stereocenters. The second-order valence-electron chi connectivity index (χ2n) is 4.19. The topological polar surface area (TPSA) is 21.3 Å². The fourth-order valence-corrected chi connectivity index (χ4v) is 1.67. The Morgan fingerprint density at radius 3 is 2.63 bits per heavy atom. The van der Waals surface area contributed by atoms with Gasteiger partial charge in [0.25, 0.3) is 0 Å². The van der Waals surface area contributed by atoms with Crippen LogP contribution in [-0.2, 0) is 0 Å². The summed E-state index contributed by atoms with van der Waals surface area (Å²) in [5.41, 5.74) is 1.34. The highest BCUT2D eigenvalue weighted by Gasteiger charge is 2.03. The van der Waals surface area contributed by atoms with Crippen LogP contribution in [0.25, 0.3) is 0 Å². The van der Waals surface area contributed by atoms with Crippen LogP contribution in [0.1, 0.15) is 5.56 Å². The van der Waals surface area contributed by atoms with Crippen LogP contribution in [0.5, 0.6) is 5.75 Å². The number of halogens is 2. The third-order valence-electron chi connectivity index (χ3n) is 2.64. The van der Waals surface area contributed by atoms with Gasteiger partial charge in [0.1, 0.15) is 12.4 Å². The summed E-state index contributed by atoms with van der Waals surface area (Å²) in [4.78, 5) is 0. The van der Waals surface area contributed by atoms with Gasteiger partial charge in [0.05, 0.1) is 5.69 Å². The van der Waals surface area contributed by atoms with Crippen LogP contribution in [-0.4, -0.2) is 13.2 Å². The fourth-order valence-electron chi connectivity index (χ4n) is 1.67. The highest BCUT2D eigenvalue weighted by Crippen LogP contribution is 2.18. The van der Waals surface area contributed by atoms with Gasteiger partial charge in [-0.05, 0) is 36.8 Å². The van der Waals surface area contributed by atoms with Crippen molar-refractivity contribution >= 4 is 5.69 Å². The SMILES string of the molecule is Cc1ccc(F)c(OCCNc2ccccc2F)c1. The Morgan fingerprint density at radius 1 is 1.05 bits per heavy atom. The van der Waals surface area contributed by atoms with Gasteiger partial charge in [-0.25, -0.2) is 8.78 Å². The average molecular weight is 263 g/mol. The lowest BCUT2D eigenvalue weighted by molar-refractivity contribution is 0.315. The van der Waals surface area contributed by atoms with Gasteiger partial charge in [-0.2, -0.15) is 0 Å². The molecule has 2 aromatic carbocycles. The minimum absolute atomic E-state index is 0.218. The Kier molecular flexibility index (Phi) is 4.34. The van der Waals surface area contributed by atoms with E-state index in [1.54, 1.807) is 30.3 Å². The van der Waals surface area contributed by atoms with Crippen molar-refractivity contribution in [1.29, 1.82) is 0 Å². The minimum Gasteiger partial charge on any atom is -0.489 e. The van der Waals surface area contributed by atoms with E-state index in [1.165, 1.54) is 12.1 Å². The van der Waals surface area contributed by atoms with E-state index in [9.17, 15) is 8.78 Å².